The van der Waals surface area contributed by atoms with Crippen LogP contribution in [0.5, 0.6) is 0 Å². The monoisotopic (exact) mass is 831 g/mol. The summed E-state index contributed by atoms with van der Waals surface area (Å²) in [5.41, 5.74) is 0. The Bertz CT molecular complexity index is 958. The average molecular weight is 831 g/mol. The van der Waals surface area contributed by atoms with Crippen LogP contribution in [0.1, 0.15) is 278 Å². The quantitative estimate of drug-likeness (QED) is 0.0263. The first-order valence-corrected chi connectivity index (χ1v) is 25.8. The summed E-state index contributed by atoms with van der Waals surface area (Å²) < 4.78 is 16.8. The Morgan fingerprint density at radius 3 is 0.864 bits per heavy atom. The lowest BCUT2D eigenvalue weighted by Gasteiger charge is -2.18. The zero-order valence-electron chi connectivity index (χ0n) is 39.5. The van der Waals surface area contributed by atoms with Crippen LogP contribution in [0.15, 0.2) is 24.3 Å². The molecular weight excluding hydrogens is 733 g/mol. The van der Waals surface area contributed by atoms with E-state index in [1.165, 1.54) is 173 Å². The normalized spacial score (nSPS) is 12.1. The van der Waals surface area contributed by atoms with Gasteiger partial charge in [0.25, 0.3) is 0 Å². The Morgan fingerprint density at radius 1 is 0.322 bits per heavy atom. The summed E-state index contributed by atoms with van der Waals surface area (Å²) in [6, 6.07) is 0. The predicted molar refractivity (Wildman–Crippen MR) is 252 cm³/mol. The van der Waals surface area contributed by atoms with Crippen LogP contribution in [0.2, 0.25) is 0 Å². The fourth-order valence-corrected chi connectivity index (χ4v) is 7.49. The van der Waals surface area contributed by atoms with Crippen LogP contribution in [0.4, 0.5) is 0 Å². The first kappa shape index (κ1) is 56.9. The summed E-state index contributed by atoms with van der Waals surface area (Å²) >= 11 is 0. The molecule has 0 amide bonds. The van der Waals surface area contributed by atoms with Crippen molar-refractivity contribution in [1.29, 1.82) is 0 Å². The second-order valence-corrected chi connectivity index (χ2v) is 17.4. The van der Waals surface area contributed by atoms with Crippen LogP contribution in [-0.4, -0.2) is 37.2 Å². The molecule has 0 aromatic carbocycles. The molecule has 0 radical (unpaired) electrons. The van der Waals surface area contributed by atoms with Gasteiger partial charge in [-0.3, -0.25) is 14.4 Å². The highest BCUT2D eigenvalue weighted by atomic mass is 16.6. The predicted octanol–water partition coefficient (Wildman–Crippen LogP) is 16.8. The minimum Gasteiger partial charge on any atom is -0.462 e. The summed E-state index contributed by atoms with van der Waals surface area (Å²) in [5, 5.41) is 0. The van der Waals surface area contributed by atoms with Gasteiger partial charge < -0.3 is 14.2 Å². The smallest absolute Gasteiger partial charge is 0.306 e. The van der Waals surface area contributed by atoms with Crippen molar-refractivity contribution in [3.63, 3.8) is 0 Å². The highest BCUT2D eigenvalue weighted by molar-refractivity contribution is 5.71. The van der Waals surface area contributed by atoms with Crippen molar-refractivity contribution in [2.45, 2.75) is 284 Å². The van der Waals surface area contributed by atoms with Crippen molar-refractivity contribution in [3.8, 4) is 0 Å². The zero-order chi connectivity index (χ0) is 43.0. The number of carbonyl (C=O) groups excluding carboxylic acids is 3. The number of ether oxygens (including phenoxy) is 3. The Balaban J connectivity index is 4.35. The third-order valence-corrected chi connectivity index (χ3v) is 11.4. The van der Waals surface area contributed by atoms with E-state index in [1.54, 1.807) is 0 Å². The second-order valence-electron chi connectivity index (χ2n) is 17.4. The molecule has 59 heavy (non-hydrogen) atoms. The van der Waals surface area contributed by atoms with E-state index < -0.39 is 6.10 Å². The van der Waals surface area contributed by atoms with Crippen molar-refractivity contribution < 1.29 is 28.6 Å². The van der Waals surface area contributed by atoms with Crippen molar-refractivity contribution in [1.82, 2.24) is 0 Å². The molecule has 0 fully saturated rings. The number of rotatable bonds is 47. The molecule has 1 atom stereocenters. The highest BCUT2D eigenvalue weighted by Crippen LogP contribution is 2.15. The second kappa shape index (κ2) is 48.6. The third kappa shape index (κ3) is 46.8. The van der Waals surface area contributed by atoms with Gasteiger partial charge in [-0.05, 0) is 70.6 Å². The Hall–Kier alpha value is -2.11. The summed E-state index contributed by atoms with van der Waals surface area (Å²) in [4.78, 5) is 37.9. The van der Waals surface area contributed by atoms with E-state index in [1.807, 2.05) is 0 Å². The van der Waals surface area contributed by atoms with Crippen LogP contribution in [0.25, 0.3) is 0 Å². The van der Waals surface area contributed by atoms with E-state index in [4.69, 9.17) is 14.2 Å². The molecule has 0 unspecified atom stereocenters. The summed E-state index contributed by atoms with van der Waals surface area (Å²) in [6.07, 6.45) is 54.4. The third-order valence-electron chi connectivity index (χ3n) is 11.4. The highest BCUT2D eigenvalue weighted by Gasteiger charge is 2.19. The number of unbranched alkanes of at least 4 members (excludes halogenated alkanes) is 32. The zero-order valence-corrected chi connectivity index (χ0v) is 39.5. The molecule has 346 valence electrons. The van der Waals surface area contributed by atoms with E-state index in [0.717, 1.165) is 64.2 Å². The average Bonchev–Trinajstić information content (AvgIpc) is 3.23. The number of hydrogen-bond acceptors (Lipinski definition) is 6. The first-order valence-electron chi connectivity index (χ1n) is 25.8. The van der Waals surface area contributed by atoms with Gasteiger partial charge in [-0.15, -0.1) is 0 Å². The molecule has 0 aliphatic carbocycles. The van der Waals surface area contributed by atoms with E-state index >= 15 is 0 Å². The van der Waals surface area contributed by atoms with Gasteiger partial charge in [-0.1, -0.05) is 212 Å². The van der Waals surface area contributed by atoms with Crippen molar-refractivity contribution in [2.75, 3.05) is 13.2 Å². The lowest BCUT2D eigenvalue weighted by molar-refractivity contribution is -0.167. The molecule has 0 rings (SSSR count). The Labute approximate surface area is 366 Å². The molecule has 0 aromatic heterocycles. The molecule has 0 aliphatic rings. The van der Waals surface area contributed by atoms with Crippen LogP contribution in [0, 0.1) is 0 Å². The van der Waals surface area contributed by atoms with Gasteiger partial charge in [0.1, 0.15) is 13.2 Å². The minimum absolute atomic E-state index is 0.0723. The fourth-order valence-electron chi connectivity index (χ4n) is 7.49. The first-order chi connectivity index (χ1) is 29.0. The minimum atomic E-state index is -0.772. The number of allylic oxidation sites excluding steroid dienone is 4. The van der Waals surface area contributed by atoms with Gasteiger partial charge in [0.2, 0.25) is 0 Å². The summed E-state index contributed by atoms with van der Waals surface area (Å²) in [5.74, 6) is -0.874. The molecule has 6 heteroatoms. The lowest BCUT2D eigenvalue weighted by atomic mass is 10.0. The SMILES string of the molecule is CCCCCC/C=C\CCCCCCCCCC(=O)OC[C@H](COC(=O)CCCCCCCCCCCCCCC)OC(=O)CCCCCCC/C=C\CCCCCC. The van der Waals surface area contributed by atoms with Crippen molar-refractivity contribution in [3.05, 3.63) is 24.3 Å². The maximum atomic E-state index is 12.8. The van der Waals surface area contributed by atoms with Gasteiger partial charge in [-0.25, -0.2) is 0 Å². The van der Waals surface area contributed by atoms with E-state index in [0.29, 0.717) is 19.3 Å². The van der Waals surface area contributed by atoms with Gasteiger partial charge in [0.15, 0.2) is 6.10 Å². The van der Waals surface area contributed by atoms with Crippen LogP contribution in [0.3, 0.4) is 0 Å². The standard InChI is InChI=1S/C53H98O6/c1-4-7-10-13-16-19-22-25-26-29-31-34-37-40-43-46-52(55)58-49-50(59-53(56)47-44-41-38-35-32-28-24-21-18-15-12-9-6-3)48-57-51(54)45-42-39-36-33-30-27-23-20-17-14-11-8-5-2/h19,21-22,24,50H,4-18,20,23,25-49H2,1-3H3/b22-19-,24-21-/t50-/m0/s1. The largest absolute Gasteiger partial charge is 0.462 e. The van der Waals surface area contributed by atoms with E-state index in [9.17, 15) is 14.4 Å². The molecular formula is C53H98O6. The number of esters is 3. The molecule has 0 saturated heterocycles. The maximum absolute atomic E-state index is 12.8. The number of carbonyl (C=O) groups is 3. The molecule has 6 nitrogen and oxygen atoms in total. The van der Waals surface area contributed by atoms with Gasteiger partial charge in [0, 0.05) is 19.3 Å². The van der Waals surface area contributed by atoms with Crippen LogP contribution in [-0.2, 0) is 28.6 Å². The van der Waals surface area contributed by atoms with Gasteiger partial charge in [-0.2, -0.15) is 0 Å². The van der Waals surface area contributed by atoms with E-state index in [2.05, 4.69) is 45.1 Å². The topological polar surface area (TPSA) is 78.9 Å². The maximum Gasteiger partial charge on any atom is 0.306 e. The molecule has 0 N–H and O–H groups in total. The number of hydrogen-bond donors (Lipinski definition) is 0. The molecule has 0 saturated carbocycles. The lowest BCUT2D eigenvalue weighted by Crippen LogP contribution is -2.30. The molecule has 0 heterocycles. The molecule has 0 spiro atoms. The van der Waals surface area contributed by atoms with Crippen molar-refractivity contribution in [2.24, 2.45) is 0 Å². The Kier molecular flexibility index (Phi) is 46.8. The molecule has 0 aromatic rings. The molecule has 0 bridgehead atoms. The van der Waals surface area contributed by atoms with Crippen LogP contribution >= 0.6 is 0 Å². The molecule has 0 aliphatic heterocycles. The Morgan fingerprint density at radius 2 is 0.559 bits per heavy atom. The summed E-state index contributed by atoms with van der Waals surface area (Å²) in [7, 11) is 0. The van der Waals surface area contributed by atoms with Crippen LogP contribution < -0.4 is 0 Å². The fraction of sp³-hybridized carbons (Fsp3) is 0.868. The van der Waals surface area contributed by atoms with Crippen molar-refractivity contribution >= 4 is 17.9 Å². The summed E-state index contributed by atoms with van der Waals surface area (Å²) in [6.45, 7) is 6.62. The van der Waals surface area contributed by atoms with E-state index in [-0.39, 0.29) is 31.1 Å². The van der Waals surface area contributed by atoms with Gasteiger partial charge >= 0.3 is 17.9 Å². The van der Waals surface area contributed by atoms with Gasteiger partial charge in [0.05, 0.1) is 0 Å².